The third kappa shape index (κ3) is 15.0. The number of benzene rings is 2. The quantitative estimate of drug-likeness (QED) is 0.109. The van der Waals surface area contributed by atoms with E-state index in [1.807, 2.05) is 11.8 Å². The average molecular weight is 511 g/mol. The molecule has 1 nitrogen and oxygen atoms in total. The summed E-state index contributed by atoms with van der Waals surface area (Å²) in [5, 5.41) is 0. The molecule has 0 atom stereocenters. The Morgan fingerprint density at radius 2 is 0.889 bits per heavy atom. The molecule has 0 unspecified atom stereocenters. The van der Waals surface area contributed by atoms with Gasteiger partial charge in [-0.1, -0.05) is 141 Å². The van der Waals surface area contributed by atoms with Crippen molar-refractivity contribution < 1.29 is 4.74 Å². The van der Waals surface area contributed by atoms with Crippen molar-refractivity contribution >= 4 is 11.8 Å². The van der Waals surface area contributed by atoms with E-state index in [9.17, 15) is 0 Å². The fraction of sp³-hybridized carbons (Fsp3) is 0.647. The summed E-state index contributed by atoms with van der Waals surface area (Å²) in [7, 11) is 0. The number of ether oxygens (including phenoxy) is 1. The van der Waals surface area contributed by atoms with Gasteiger partial charge in [0.1, 0.15) is 5.75 Å². The largest absolute Gasteiger partial charge is 0.494 e. The molecule has 0 saturated carbocycles. The summed E-state index contributed by atoms with van der Waals surface area (Å²) in [6.07, 6.45) is 24.8. The van der Waals surface area contributed by atoms with E-state index >= 15 is 0 Å². The lowest BCUT2D eigenvalue weighted by Gasteiger charge is -2.08. The Kier molecular flexibility index (Phi) is 18.5. The normalized spacial score (nSPS) is 11.2. The summed E-state index contributed by atoms with van der Waals surface area (Å²) in [4.78, 5) is 1.39. The number of thioether (sulfide) groups is 1. The van der Waals surface area contributed by atoms with Crippen molar-refractivity contribution in [3.8, 4) is 16.9 Å². The first-order valence-electron chi connectivity index (χ1n) is 15.3. The SMILES string of the molecule is CCCCCCCCCCCCSc1ccc(-c2ccc(OCCCCCCCCCC)cc2)cc1. The van der Waals surface area contributed by atoms with Gasteiger partial charge in [-0.05, 0) is 54.0 Å². The van der Waals surface area contributed by atoms with E-state index in [0.717, 1.165) is 18.8 Å². The summed E-state index contributed by atoms with van der Waals surface area (Å²) in [5.74, 6) is 2.23. The topological polar surface area (TPSA) is 9.23 Å². The molecule has 0 heterocycles. The molecule has 2 rings (SSSR count). The van der Waals surface area contributed by atoms with E-state index in [1.165, 1.54) is 131 Å². The maximum absolute atomic E-state index is 5.96. The van der Waals surface area contributed by atoms with Gasteiger partial charge in [-0.15, -0.1) is 11.8 Å². The van der Waals surface area contributed by atoms with Gasteiger partial charge in [0.05, 0.1) is 6.61 Å². The van der Waals surface area contributed by atoms with Gasteiger partial charge in [0.2, 0.25) is 0 Å². The Labute approximate surface area is 228 Å². The van der Waals surface area contributed by atoms with Gasteiger partial charge >= 0.3 is 0 Å². The second-order valence-corrected chi connectivity index (χ2v) is 11.6. The highest BCUT2D eigenvalue weighted by atomic mass is 32.2. The number of rotatable bonds is 23. The zero-order valence-corrected chi connectivity index (χ0v) is 24.4. The molecule has 0 N–H and O–H groups in total. The molecule has 0 aliphatic heterocycles. The van der Waals surface area contributed by atoms with Crippen LogP contribution in [0.25, 0.3) is 11.1 Å². The van der Waals surface area contributed by atoms with E-state index in [4.69, 9.17) is 4.74 Å². The van der Waals surface area contributed by atoms with Crippen molar-refractivity contribution in [2.24, 2.45) is 0 Å². The van der Waals surface area contributed by atoms with Crippen LogP contribution in [0.15, 0.2) is 53.4 Å². The van der Waals surface area contributed by atoms with E-state index in [1.54, 1.807) is 0 Å². The molecule has 0 spiro atoms. The van der Waals surface area contributed by atoms with Crippen LogP contribution in [0.4, 0.5) is 0 Å². The molecule has 0 aliphatic rings. The summed E-state index contributed by atoms with van der Waals surface area (Å²) < 4.78 is 5.96. The highest BCUT2D eigenvalue weighted by Gasteiger charge is 2.01. The van der Waals surface area contributed by atoms with Crippen LogP contribution >= 0.6 is 11.8 Å². The van der Waals surface area contributed by atoms with Gasteiger partial charge < -0.3 is 4.74 Å². The predicted octanol–water partition coefficient (Wildman–Crippen LogP) is 11.9. The van der Waals surface area contributed by atoms with Crippen LogP contribution in [-0.2, 0) is 0 Å². The molecule has 0 fully saturated rings. The third-order valence-electron chi connectivity index (χ3n) is 7.08. The lowest BCUT2D eigenvalue weighted by atomic mass is 10.1. The summed E-state index contributed by atoms with van der Waals surface area (Å²) in [5.41, 5.74) is 2.55. The van der Waals surface area contributed by atoms with Crippen LogP contribution < -0.4 is 4.74 Å². The van der Waals surface area contributed by atoms with Crippen LogP contribution in [0.5, 0.6) is 5.75 Å². The zero-order chi connectivity index (χ0) is 25.5. The van der Waals surface area contributed by atoms with Gasteiger partial charge in [0, 0.05) is 4.90 Å². The fourth-order valence-electron chi connectivity index (χ4n) is 4.69. The van der Waals surface area contributed by atoms with Crippen LogP contribution in [0.2, 0.25) is 0 Å². The second kappa shape index (κ2) is 21.7. The standard InChI is InChI=1S/C34H54OS/c1-3-5-7-9-11-13-14-16-18-20-30-36-34-27-23-32(24-28-34)31-21-25-33(26-22-31)35-29-19-17-15-12-10-8-6-4-2/h21-28H,3-20,29-30H2,1-2H3. The van der Waals surface area contributed by atoms with Crippen molar-refractivity contribution in [2.45, 2.75) is 134 Å². The molecule has 0 aromatic heterocycles. The van der Waals surface area contributed by atoms with Crippen molar-refractivity contribution in [3.05, 3.63) is 48.5 Å². The molecule has 202 valence electrons. The molecule has 0 saturated heterocycles. The number of hydrogen-bond acceptors (Lipinski definition) is 2. The molecule has 0 radical (unpaired) electrons. The van der Waals surface area contributed by atoms with Crippen molar-refractivity contribution in [2.75, 3.05) is 12.4 Å². The van der Waals surface area contributed by atoms with Crippen LogP contribution in [0.3, 0.4) is 0 Å². The molecule has 0 aliphatic carbocycles. The first-order chi connectivity index (χ1) is 17.8. The van der Waals surface area contributed by atoms with Crippen molar-refractivity contribution in [3.63, 3.8) is 0 Å². The molecule has 0 bridgehead atoms. The maximum Gasteiger partial charge on any atom is 0.119 e. The monoisotopic (exact) mass is 510 g/mol. The Morgan fingerprint density at radius 1 is 0.472 bits per heavy atom. The van der Waals surface area contributed by atoms with E-state index < -0.39 is 0 Å². The Hall–Kier alpha value is -1.41. The highest BCUT2D eigenvalue weighted by molar-refractivity contribution is 7.99. The fourth-order valence-corrected chi connectivity index (χ4v) is 5.61. The minimum Gasteiger partial charge on any atom is -0.494 e. The minimum atomic E-state index is 0.833. The van der Waals surface area contributed by atoms with Gasteiger partial charge in [0.15, 0.2) is 0 Å². The molecule has 2 heteroatoms. The van der Waals surface area contributed by atoms with Crippen LogP contribution in [0, 0.1) is 0 Å². The van der Waals surface area contributed by atoms with Gasteiger partial charge in [-0.25, -0.2) is 0 Å². The van der Waals surface area contributed by atoms with E-state index in [-0.39, 0.29) is 0 Å². The molecule has 0 amide bonds. The lowest BCUT2D eigenvalue weighted by molar-refractivity contribution is 0.304. The Bertz CT molecular complexity index is 737. The Morgan fingerprint density at radius 3 is 1.39 bits per heavy atom. The Balaban J connectivity index is 1.53. The van der Waals surface area contributed by atoms with Crippen LogP contribution in [-0.4, -0.2) is 12.4 Å². The van der Waals surface area contributed by atoms with Crippen molar-refractivity contribution in [1.82, 2.24) is 0 Å². The first-order valence-corrected chi connectivity index (χ1v) is 16.3. The number of unbranched alkanes of at least 4 members (excludes halogenated alkanes) is 16. The summed E-state index contributed by atoms with van der Waals surface area (Å²) in [6, 6.07) is 17.7. The highest BCUT2D eigenvalue weighted by Crippen LogP contribution is 2.27. The van der Waals surface area contributed by atoms with Crippen molar-refractivity contribution in [1.29, 1.82) is 0 Å². The van der Waals surface area contributed by atoms with Gasteiger partial charge in [-0.2, -0.15) is 0 Å². The predicted molar refractivity (Wildman–Crippen MR) is 163 cm³/mol. The molecular formula is C34H54OS. The lowest BCUT2D eigenvalue weighted by Crippen LogP contribution is -1.97. The smallest absolute Gasteiger partial charge is 0.119 e. The van der Waals surface area contributed by atoms with Gasteiger partial charge in [-0.3, -0.25) is 0 Å². The van der Waals surface area contributed by atoms with E-state index in [0.29, 0.717) is 0 Å². The van der Waals surface area contributed by atoms with Gasteiger partial charge in [0.25, 0.3) is 0 Å². The van der Waals surface area contributed by atoms with E-state index in [2.05, 4.69) is 62.4 Å². The molecule has 2 aromatic carbocycles. The average Bonchev–Trinajstić information content (AvgIpc) is 2.91. The minimum absolute atomic E-state index is 0.833. The third-order valence-corrected chi connectivity index (χ3v) is 8.17. The number of hydrogen-bond donors (Lipinski definition) is 0. The molecule has 2 aromatic rings. The zero-order valence-electron chi connectivity index (χ0n) is 23.6. The molecule has 36 heavy (non-hydrogen) atoms. The second-order valence-electron chi connectivity index (χ2n) is 10.4. The first kappa shape index (κ1) is 30.8. The molecular weight excluding hydrogens is 456 g/mol. The maximum atomic E-state index is 5.96. The summed E-state index contributed by atoms with van der Waals surface area (Å²) in [6.45, 7) is 5.40. The summed E-state index contributed by atoms with van der Waals surface area (Å²) >= 11 is 2.00. The van der Waals surface area contributed by atoms with Crippen LogP contribution in [0.1, 0.15) is 129 Å².